The maximum absolute atomic E-state index is 13.9. The summed E-state index contributed by atoms with van der Waals surface area (Å²) in [6.45, 7) is 14.8. The first-order valence-electron chi connectivity index (χ1n) is 33.7. The van der Waals surface area contributed by atoms with E-state index >= 15 is 0 Å². The number of carbonyl (C=O) groups excluding carboxylic acids is 2. The Morgan fingerprint density at radius 2 is 1.09 bits per heavy atom. The standard InChI is InChI=1S/C68H87N13O14.2C2H4O2.Gd/c1-8-47-48(9-2)53-35-55-50(13-11-21-95-67(86)51(18-19-62(83)84)78-66(85)44-14-16-46(17-15-44)81(5)41-45-38-73-65-63(74-45)64(69)79-68(70)80-65)43(4)59(77-55)40-72-57-37-61(94-33-31-92-29-27-90-25-23-88-7)60(93-32-30-91-28-26-89-24-22-87-6)36-56(57)71-39-58-42(3)49(12-10-20-82)54(76-58)34-52(47)75-53;2*1-2(3)4;/h14-17,34-40,51,82H,8-13,18-33,41H2,1-7H3,(H7,69,70,71,72,73,75,76,77,78,79,80,83,84,85);2*1H3,(H,3,4);/p-1/t51-;;;/m1.../s1. The Morgan fingerprint density at radius 3 is 1.56 bits per heavy atom. The van der Waals surface area contributed by atoms with Crippen LogP contribution in [0.4, 0.5) is 17.5 Å². The first kappa shape index (κ1) is 85.8. The van der Waals surface area contributed by atoms with Crippen LogP contribution in [0.3, 0.4) is 0 Å². The normalized spacial score (nSPS) is 11.9. The molecule has 4 aromatic heterocycles. The molecule has 2 aliphatic heterocycles. The number of aliphatic carboxylic acids is 3. The summed E-state index contributed by atoms with van der Waals surface area (Å²) in [6.07, 6.45) is 7.56. The van der Waals surface area contributed by atoms with Gasteiger partial charge in [0.15, 0.2) is 28.5 Å². The van der Waals surface area contributed by atoms with Crippen molar-refractivity contribution in [1.82, 2.24) is 50.2 Å². The summed E-state index contributed by atoms with van der Waals surface area (Å²) in [5.74, 6) is -3.30. The second kappa shape index (κ2) is 45.4. The monoisotopic (exact) mass is 1590 g/mol. The number of amides is 1. The molecule has 8 rings (SSSR count). The summed E-state index contributed by atoms with van der Waals surface area (Å²) >= 11 is 0. The summed E-state index contributed by atoms with van der Waals surface area (Å²) in [4.78, 5) is 102. The minimum Gasteiger partial charge on any atom is -0.657 e. The fourth-order valence-electron chi connectivity index (χ4n) is 10.6. The van der Waals surface area contributed by atoms with E-state index in [9.17, 15) is 24.6 Å². The molecule has 0 saturated carbocycles. The van der Waals surface area contributed by atoms with Crippen LogP contribution in [0.25, 0.3) is 55.5 Å². The fraction of sp³-hybridized carbons (Fsp3) is 0.458. The first-order chi connectivity index (χ1) is 49.6. The number of aliphatic hydroxyl groups is 1. The van der Waals surface area contributed by atoms with Crippen molar-refractivity contribution in [3.05, 3.63) is 112 Å². The van der Waals surface area contributed by atoms with Gasteiger partial charge >= 0.3 is 11.9 Å². The van der Waals surface area contributed by atoms with E-state index in [0.717, 1.165) is 69.7 Å². The van der Waals surface area contributed by atoms with Crippen LogP contribution in [0, 0.1) is 39.9 Å². The van der Waals surface area contributed by atoms with Gasteiger partial charge < -0.3 is 89.7 Å². The number of nitrogens with zero attached hydrogens (tertiary/aromatic N) is 10. The number of anilines is 3. The largest absolute Gasteiger partial charge is 0.657 e. The number of carboxylic acids is 3. The second-order valence-corrected chi connectivity index (χ2v) is 23.2. The summed E-state index contributed by atoms with van der Waals surface area (Å²) in [5.41, 5.74) is 24.6. The molecule has 564 valence electrons. The summed E-state index contributed by atoms with van der Waals surface area (Å²) in [5, 5.41) is 37.2. The van der Waals surface area contributed by atoms with Gasteiger partial charge in [-0.25, -0.2) is 24.7 Å². The van der Waals surface area contributed by atoms with Crippen molar-refractivity contribution < 1.29 is 127 Å². The van der Waals surface area contributed by atoms with Crippen LogP contribution < -0.4 is 36.1 Å². The average molecular weight is 1590 g/mol. The first-order valence-corrected chi connectivity index (χ1v) is 33.7. The van der Waals surface area contributed by atoms with E-state index in [1.165, 1.54) is 0 Å². The van der Waals surface area contributed by atoms with Gasteiger partial charge in [0.2, 0.25) is 5.95 Å². The van der Waals surface area contributed by atoms with E-state index in [4.69, 9.17) is 98.8 Å². The summed E-state index contributed by atoms with van der Waals surface area (Å²) in [6, 6.07) is 12.9. The number of nitrogens with two attached hydrogens (primary N) is 2. The van der Waals surface area contributed by atoms with Crippen LogP contribution in [-0.4, -0.2) is 210 Å². The number of nitrogens with one attached hydrogen (secondary N) is 1. The molecule has 31 nitrogen and oxygen atoms in total. The quantitative estimate of drug-likeness (QED) is 0.0145. The predicted octanol–water partition coefficient (Wildman–Crippen LogP) is 7.55. The third-order valence-corrected chi connectivity index (χ3v) is 15.6. The van der Waals surface area contributed by atoms with Gasteiger partial charge in [0.05, 0.1) is 137 Å². The van der Waals surface area contributed by atoms with Crippen LogP contribution in [0.15, 0.2) is 67.1 Å². The molecule has 104 heavy (non-hydrogen) atoms. The predicted molar refractivity (Wildman–Crippen MR) is 386 cm³/mol. The minimum absolute atomic E-state index is 0. The van der Waals surface area contributed by atoms with Gasteiger partial charge in [0.1, 0.15) is 19.3 Å². The Hall–Kier alpha value is -8.83. The fourth-order valence-corrected chi connectivity index (χ4v) is 10.6. The van der Waals surface area contributed by atoms with Gasteiger partial charge in [0.25, 0.3) is 17.8 Å². The van der Waals surface area contributed by atoms with Crippen LogP contribution >= 0.6 is 0 Å². The summed E-state index contributed by atoms with van der Waals surface area (Å²) < 4.78 is 51.5. The zero-order valence-corrected chi connectivity index (χ0v) is 62.4. The molecule has 6 heterocycles. The van der Waals surface area contributed by atoms with Crippen LogP contribution in [0.2, 0.25) is 0 Å². The van der Waals surface area contributed by atoms with Gasteiger partial charge in [-0.2, -0.15) is 9.97 Å². The Balaban J connectivity index is 0.00000205. The molecular formula is C72H94GdN13O18-. The number of carbonyl (C=O) groups is 5. The van der Waals surface area contributed by atoms with Gasteiger partial charge in [-0.05, 0) is 105 Å². The van der Waals surface area contributed by atoms with E-state index in [2.05, 4.69) is 39.1 Å². The maximum atomic E-state index is 13.9. The van der Waals surface area contributed by atoms with Crippen molar-refractivity contribution >= 4 is 103 Å². The van der Waals surface area contributed by atoms with E-state index in [-0.39, 0.29) is 109 Å². The Labute approximate surface area is 635 Å². The number of aliphatic hydroxyl groups excluding tert-OH is 1. The second-order valence-electron chi connectivity index (χ2n) is 23.2. The third-order valence-electron chi connectivity index (χ3n) is 15.6. The van der Waals surface area contributed by atoms with Crippen LogP contribution in [0.1, 0.15) is 130 Å². The number of methoxy groups -OCH3 is 2. The Morgan fingerprint density at radius 1 is 0.606 bits per heavy atom. The van der Waals surface area contributed by atoms with Crippen LogP contribution in [0.5, 0.6) is 11.5 Å². The molecule has 0 fully saturated rings. The SMILES string of the molecule is CC(=O)O.CC(=O)O.CCc1c(CC)c2cc3nc(cnc4cc(OCCOCCOCCOC)c(OCCOCCOCCOC)cc4ncc4nc(cc1[n-]2)C(CCCO)=C4C)C(C)=C3CCCOC(=O)[C@@H](CCC(=O)O)NC(=O)c1ccc(N(C)Cc2cnc3nc(N)nc(N)c3n2)cc1.[Gd]. The third kappa shape index (κ3) is 27.3. The number of carboxylic acid groups (broad SMARTS) is 3. The molecule has 0 radical (unpaired) electrons. The van der Waals surface area contributed by atoms with Crippen LogP contribution in [-0.2, 0) is 71.7 Å². The molecule has 2 aliphatic rings. The van der Waals surface area contributed by atoms with Gasteiger partial charge in [-0.15, -0.1) is 11.0 Å². The molecule has 0 unspecified atom stereocenters. The minimum atomic E-state index is -1.27. The van der Waals surface area contributed by atoms with Crippen molar-refractivity contribution in [3.8, 4) is 11.5 Å². The summed E-state index contributed by atoms with van der Waals surface area (Å²) in [7, 11) is 5.07. The van der Waals surface area contributed by atoms with Crippen molar-refractivity contribution in [2.75, 3.05) is 130 Å². The number of aryl methyl sites for hydroxylation is 2. The van der Waals surface area contributed by atoms with Gasteiger partial charge in [0, 0.05) is 111 Å². The number of nitrogen functional groups attached to an aromatic ring is 2. The van der Waals surface area contributed by atoms with Crippen molar-refractivity contribution in [1.29, 1.82) is 0 Å². The van der Waals surface area contributed by atoms with Crippen molar-refractivity contribution in [2.45, 2.75) is 105 Å². The van der Waals surface area contributed by atoms with E-state index in [1.807, 2.05) is 37.9 Å². The maximum Gasteiger partial charge on any atom is 0.328 e. The molecule has 9 N–H and O–H groups in total. The number of benzene rings is 2. The molecule has 6 bridgehead atoms. The average Bonchev–Trinajstić information content (AvgIpc) is 1.61. The van der Waals surface area contributed by atoms with E-state index < -0.39 is 42.2 Å². The number of allylic oxidation sites excluding steroid dienone is 4. The van der Waals surface area contributed by atoms with E-state index in [1.54, 1.807) is 69.2 Å². The smallest absolute Gasteiger partial charge is 0.328 e. The molecule has 1 amide bonds. The van der Waals surface area contributed by atoms with Gasteiger partial charge in [-0.3, -0.25) is 29.1 Å². The molecule has 0 saturated heterocycles. The number of hydrogen-bond donors (Lipinski definition) is 7. The molecule has 2 aromatic carbocycles. The molecule has 6 aromatic rings. The number of hydrogen-bond acceptors (Lipinski definition) is 26. The molecule has 0 aliphatic carbocycles. The Bertz CT molecular complexity index is 4100. The molecule has 0 spiro atoms. The zero-order valence-electron chi connectivity index (χ0n) is 60.2. The number of fused-ring (bicyclic) bond motifs is 8. The van der Waals surface area contributed by atoms with E-state index in [0.29, 0.717) is 149 Å². The van der Waals surface area contributed by atoms with Crippen molar-refractivity contribution in [2.24, 2.45) is 0 Å². The number of esters is 1. The zero-order chi connectivity index (χ0) is 74.8. The molecule has 32 heteroatoms. The van der Waals surface area contributed by atoms with Crippen molar-refractivity contribution in [3.63, 3.8) is 0 Å². The topological polar surface area (TPSA) is 434 Å². The van der Waals surface area contributed by atoms with Gasteiger partial charge in [-0.1, -0.05) is 37.1 Å². The number of aromatic nitrogens is 9. The molecule has 1 atom stereocenters. The number of ether oxygens (including phenoxy) is 9. The molecular weight excluding hydrogens is 1490 g/mol. The number of rotatable bonds is 38. The Kier molecular flexibility index (Phi) is 37.5.